The zero-order chi connectivity index (χ0) is 21.0. The number of nitrogens with one attached hydrogen (secondary N) is 1. The molecule has 1 saturated carbocycles. The maximum Gasteiger partial charge on any atom is 0.354 e. The van der Waals surface area contributed by atoms with Crippen molar-refractivity contribution < 1.29 is 14.7 Å². The van der Waals surface area contributed by atoms with Gasteiger partial charge in [-0.25, -0.2) is 9.78 Å². The molecular formula is C24H28N2O3. The van der Waals surface area contributed by atoms with Crippen molar-refractivity contribution in [1.82, 2.24) is 10.3 Å². The van der Waals surface area contributed by atoms with Crippen LogP contribution in [0.4, 0.5) is 0 Å². The number of carbonyl (C=O) groups is 2. The predicted octanol–water partition coefficient (Wildman–Crippen LogP) is 5.01. The van der Waals surface area contributed by atoms with Crippen molar-refractivity contribution >= 4 is 11.9 Å². The molecule has 1 aliphatic carbocycles. The fourth-order valence-corrected chi connectivity index (χ4v) is 4.10. The summed E-state index contributed by atoms with van der Waals surface area (Å²) < 4.78 is 0. The molecular weight excluding hydrogens is 364 g/mol. The van der Waals surface area contributed by atoms with Crippen LogP contribution in [0.5, 0.6) is 0 Å². The number of allylic oxidation sites excluding steroid dienone is 1. The van der Waals surface area contributed by atoms with Crippen molar-refractivity contribution in [2.24, 2.45) is 5.41 Å². The van der Waals surface area contributed by atoms with E-state index in [4.69, 9.17) is 0 Å². The highest BCUT2D eigenvalue weighted by Gasteiger charge is 2.32. The molecule has 1 atom stereocenters. The topological polar surface area (TPSA) is 79.3 Å². The van der Waals surface area contributed by atoms with Crippen molar-refractivity contribution in [3.05, 3.63) is 65.4 Å². The minimum absolute atomic E-state index is 0.0171. The van der Waals surface area contributed by atoms with Crippen molar-refractivity contribution in [1.29, 1.82) is 0 Å². The number of aromatic nitrogens is 1. The first kappa shape index (κ1) is 20.8. The van der Waals surface area contributed by atoms with E-state index in [1.807, 2.05) is 19.1 Å². The van der Waals surface area contributed by atoms with Crippen LogP contribution in [-0.4, -0.2) is 28.5 Å². The molecule has 1 aromatic carbocycles. The highest BCUT2D eigenvalue weighted by molar-refractivity contribution is 5.97. The zero-order valence-corrected chi connectivity index (χ0v) is 17.1. The Labute approximate surface area is 171 Å². The quantitative estimate of drug-likeness (QED) is 0.677. The SMILES string of the molecule is C=C1CCCC(CC)(CNC(=O)c2cc(-c3cccc(C(=O)O)n3)ccc2C)C1. The summed E-state index contributed by atoms with van der Waals surface area (Å²) in [5.41, 5.74) is 4.07. The molecule has 0 aliphatic heterocycles. The Morgan fingerprint density at radius 2 is 2.07 bits per heavy atom. The second-order valence-electron chi connectivity index (χ2n) is 8.06. The highest BCUT2D eigenvalue weighted by atomic mass is 16.4. The number of pyridine rings is 1. The summed E-state index contributed by atoms with van der Waals surface area (Å²) in [5, 5.41) is 12.3. The Morgan fingerprint density at radius 1 is 1.28 bits per heavy atom. The number of aryl methyl sites for hydroxylation is 1. The Morgan fingerprint density at radius 3 is 2.76 bits per heavy atom. The number of hydrogen-bond acceptors (Lipinski definition) is 3. The number of amides is 1. The molecule has 0 bridgehead atoms. The van der Waals surface area contributed by atoms with E-state index in [1.165, 1.54) is 11.6 Å². The van der Waals surface area contributed by atoms with Gasteiger partial charge in [0.25, 0.3) is 5.91 Å². The first-order valence-electron chi connectivity index (χ1n) is 10.1. The molecule has 0 spiro atoms. The standard InChI is InChI=1S/C24H28N2O3/c1-4-24(12-6-7-16(2)14-24)15-25-22(27)19-13-18(11-10-17(19)3)20-8-5-9-21(26-20)23(28)29/h5,8-11,13H,2,4,6-7,12,14-15H2,1,3H3,(H,25,27)(H,28,29). The van der Waals surface area contributed by atoms with Gasteiger partial charge in [0.15, 0.2) is 0 Å². The van der Waals surface area contributed by atoms with Crippen molar-refractivity contribution in [3.63, 3.8) is 0 Å². The third kappa shape index (κ3) is 4.73. The minimum atomic E-state index is -1.07. The molecule has 0 radical (unpaired) electrons. The molecule has 5 heteroatoms. The Bertz CT molecular complexity index is 951. The van der Waals surface area contributed by atoms with Crippen LogP contribution >= 0.6 is 0 Å². The number of carboxylic acids is 1. The van der Waals surface area contributed by atoms with Gasteiger partial charge in [-0.1, -0.05) is 37.3 Å². The molecule has 5 nitrogen and oxygen atoms in total. The molecule has 1 fully saturated rings. The average Bonchev–Trinajstić information content (AvgIpc) is 2.72. The van der Waals surface area contributed by atoms with Crippen molar-refractivity contribution in [2.45, 2.75) is 46.0 Å². The smallest absolute Gasteiger partial charge is 0.354 e. The summed E-state index contributed by atoms with van der Waals surface area (Å²) in [4.78, 5) is 28.3. The lowest BCUT2D eigenvalue weighted by atomic mass is 9.70. The van der Waals surface area contributed by atoms with Gasteiger partial charge in [-0.15, -0.1) is 0 Å². The lowest BCUT2D eigenvalue weighted by molar-refractivity contribution is 0.0690. The first-order chi connectivity index (χ1) is 13.8. The van der Waals surface area contributed by atoms with Crippen LogP contribution in [0.1, 0.15) is 65.4 Å². The second kappa shape index (κ2) is 8.60. The number of aromatic carboxylic acids is 1. The van der Waals surface area contributed by atoms with E-state index in [1.54, 1.807) is 18.2 Å². The van der Waals surface area contributed by atoms with Gasteiger partial charge in [0.1, 0.15) is 5.69 Å². The normalized spacial score (nSPS) is 19.0. The van der Waals surface area contributed by atoms with Crippen LogP contribution in [0.15, 0.2) is 48.6 Å². The molecule has 1 amide bonds. The Balaban J connectivity index is 1.80. The summed E-state index contributed by atoms with van der Waals surface area (Å²) in [6.07, 6.45) is 5.29. The van der Waals surface area contributed by atoms with Gasteiger partial charge in [-0.05, 0) is 68.2 Å². The number of hydrogen-bond donors (Lipinski definition) is 2. The van der Waals surface area contributed by atoms with Crippen LogP contribution in [0.2, 0.25) is 0 Å². The molecule has 0 saturated heterocycles. The Kier molecular flexibility index (Phi) is 6.16. The lowest BCUT2D eigenvalue weighted by Crippen LogP contribution is -2.39. The van der Waals surface area contributed by atoms with Crippen LogP contribution in [0, 0.1) is 12.3 Å². The summed E-state index contributed by atoms with van der Waals surface area (Å²) >= 11 is 0. The van der Waals surface area contributed by atoms with Gasteiger partial charge in [0.2, 0.25) is 0 Å². The molecule has 2 aromatic rings. The minimum Gasteiger partial charge on any atom is -0.477 e. The zero-order valence-electron chi connectivity index (χ0n) is 17.1. The maximum atomic E-state index is 13.0. The van der Waals surface area contributed by atoms with Crippen molar-refractivity contribution in [2.75, 3.05) is 6.54 Å². The average molecular weight is 392 g/mol. The van der Waals surface area contributed by atoms with Crippen LogP contribution in [-0.2, 0) is 0 Å². The van der Waals surface area contributed by atoms with Gasteiger partial charge in [0, 0.05) is 17.7 Å². The summed E-state index contributed by atoms with van der Waals surface area (Å²) in [6, 6.07) is 10.4. The van der Waals surface area contributed by atoms with E-state index in [2.05, 4.69) is 23.8 Å². The number of carboxylic acid groups (broad SMARTS) is 1. The molecule has 2 N–H and O–H groups in total. The molecule has 152 valence electrons. The number of benzene rings is 1. The van der Waals surface area contributed by atoms with E-state index < -0.39 is 5.97 Å². The fourth-order valence-electron chi connectivity index (χ4n) is 4.10. The predicted molar refractivity (Wildman–Crippen MR) is 114 cm³/mol. The molecule has 1 aliphatic rings. The van der Waals surface area contributed by atoms with Crippen molar-refractivity contribution in [3.8, 4) is 11.3 Å². The molecule has 1 aromatic heterocycles. The van der Waals surface area contributed by atoms with E-state index in [9.17, 15) is 14.7 Å². The van der Waals surface area contributed by atoms with Crippen LogP contribution < -0.4 is 5.32 Å². The van der Waals surface area contributed by atoms with Gasteiger partial charge in [0.05, 0.1) is 5.69 Å². The largest absolute Gasteiger partial charge is 0.477 e. The molecule has 29 heavy (non-hydrogen) atoms. The molecule has 1 unspecified atom stereocenters. The van der Waals surface area contributed by atoms with Crippen LogP contribution in [0.25, 0.3) is 11.3 Å². The van der Waals surface area contributed by atoms with Gasteiger partial charge < -0.3 is 10.4 Å². The molecule has 1 heterocycles. The summed E-state index contributed by atoms with van der Waals surface area (Å²) in [7, 11) is 0. The number of nitrogens with zero attached hydrogens (tertiary/aromatic N) is 1. The van der Waals surface area contributed by atoms with E-state index in [0.717, 1.165) is 43.2 Å². The van der Waals surface area contributed by atoms with Gasteiger partial charge in [-0.3, -0.25) is 4.79 Å². The first-order valence-corrected chi connectivity index (χ1v) is 10.1. The third-order valence-corrected chi connectivity index (χ3v) is 5.98. The molecule has 3 rings (SSSR count). The van der Waals surface area contributed by atoms with E-state index in [0.29, 0.717) is 17.8 Å². The third-order valence-electron chi connectivity index (χ3n) is 5.98. The van der Waals surface area contributed by atoms with E-state index in [-0.39, 0.29) is 17.0 Å². The van der Waals surface area contributed by atoms with Crippen LogP contribution in [0.3, 0.4) is 0 Å². The lowest BCUT2D eigenvalue weighted by Gasteiger charge is -2.37. The monoisotopic (exact) mass is 392 g/mol. The maximum absolute atomic E-state index is 13.0. The van der Waals surface area contributed by atoms with Gasteiger partial charge >= 0.3 is 5.97 Å². The number of rotatable bonds is 6. The Hall–Kier alpha value is -2.95. The second-order valence-corrected chi connectivity index (χ2v) is 8.06. The fraction of sp³-hybridized carbons (Fsp3) is 0.375. The number of carbonyl (C=O) groups excluding carboxylic acids is 1. The van der Waals surface area contributed by atoms with Gasteiger partial charge in [-0.2, -0.15) is 0 Å². The van der Waals surface area contributed by atoms with E-state index >= 15 is 0 Å². The summed E-state index contributed by atoms with van der Waals surface area (Å²) in [6.45, 7) is 8.88. The summed E-state index contributed by atoms with van der Waals surface area (Å²) in [5.74, 6) is -1.18. The highest BCUT2D eigenvalue weighted by Crippen LogP contribution is 2.40.